The molecular formula is C18H13ClFN3O3S. The van der Waals surface area contributed by atoms with Crippen molar-refractivity contribution in [1.82, 2.24) is 4.98 Å². The predicted molar refractivity (Wildman–Crippen MR) is 102 cm³/mol. The maximum absolute atomic E-state index is 13.7. The molecule has 0 radical (unpaired) electrons. The number of thiazole rings is 1. The summed E-state index contributed by atoms with van der Waals surface area (Å²) in [5, 5.41) is 16.3. The van der Waals surface area contributed by atoms with Crippen LogP contribution in [0.25, 0.3) is 0 Å². The Morgan fingerprint density at radius 3 is 2.85 bits per heavy atom. The SMILES string of the molecule is O=C(Cc1csc(Cc2cccc(Cl)c2)n1)Nc1cc([N+](=O)[O-])ccc1F. The number of carbonyl (C=O) groups is 1. The molecule has 138 valence electrons. The Balaban J connectivity index is 1.64. The van der Waals surface area contributed by atoms with Crippen LogP contribution in [0.4, 0.5) is 15.8 Å². The molecule has 0 atom stereocenters. The zero-order valence-corrected chi connectivity index (χ0v) is 15.4. The first-order valence-electron chi connectivity index (χ1n) is 7.82. The summed E-state index contributed by atoms with van der Waals surface area (Å²) in [5.74, 6) is -1.25. The number of non-ortho nitro benzene ring substituents is 1. The highest BCUT2D eigenvalue weighted by molar-refractivity contribution is 7.09. The molecule has 1 aromatic heterocycles. The molecule has 1 N–H and O–H groups in total. The monoisotopic (exact) mass is 405 g/mol. The van der Waals surface area contributed by atoms with Crippen molar-refractivity contribution in [2.24, 2.45) is 0 Å². The van der Waals surface area contributed by atoms with Crippen LogP contribution in [0.3, 0.4) is 0 Å². The number of nitro groups is 1. The van der Waals surface area contributed by atoms with Crippen molar-refractivity contribution in [3.05, 3.63) is 85.1 Å². The van der Waals surface area contributed by atoms with Gasteiger partial charge in [0.15, 0.2) is 0 Å². The van der Waals surface area contributed by atoms with Crippen LogP contribution in [-0.2, 0) is 17.6 Å². The van der Waals surface area contributed by atoms with Crippen molar-refractivity contribution in [2.45, 2.75) is 12.8 Å². The molecular weight excluding hydrogens is 393 g/mol. The van der Waals surface area contributed by atoms with Crippen molar-refractivity contribution in [1.29, 1.82) is 0 Å². The summed E-state index contributed by atoms with van der Waals surface area (Å²) >= 11 is 7.37. The maximum Gasteiger partial charge on any atom is 0.271 e. The average molecular weight is 406 g/mol. The molecule has 2 aromatic carbocycles. The minimum atomic E-state index is -0.742. The van der Waals surface area contributed by atoms with Crippen LogP contribution in [0, 0.1) is 15.9 Å². The first-order chi connectivity index (χ1) is 12.9. The van der Waals surface area contributed by atoms with Crippen molar-refractivity contribution in [3.63, 3.8) is 0 Å². The summed E-state index contributed by atoms with van der Waals surface area (Å²) in [6.45, 7) is 0. The van der Waals surface area contributed by atoms with Crippen LogP contribution in [0.1, 0.15) is 16.3 Å². The van der Waals surface area contributed by atoms with Crippen LogP contribution >= 0.6 is 22.9 Å². The minimum Gasteiger partial charge on any atom is -0.323 e. The van der Waals surface area contributed by atoms with Crippen LogP contribution in [-0.4, -0.2) is 15.8 Å². The third-order valence-corrected chi connectivity index (χ3v) is 4.75. The van der Waals surface area contributed by atoms with Gasteiger partial charge in [-0.3, -0.25) is 14.9 Å². The first kappa shape index (κ1) is 18.9. The Hall–Kier alpha value is -2.84. The zero-order chi connectivity index (χ0) is 19.4. The molecule has 1 amide bonds. The highest BCUT2D eigenvalue weighted by Crippen LogP contribution is 2.22. The average Bonchev–Trinajstić information content (AvgIpc) is 3.03. The van der Waals surface area contributed by atoms with Gasteiger partial charge in [-0.25, -0.2) is 9.37 Å². The number of aromatic nitrogens is 1. The van der Waals surface area contributed by atoms with E-state index in [1.165, 1.54) is 11.3 Å². The van der Waals surface area contributed by atoms with E-state index in [1.807, 2.05) is 18.2 Å². The lowest BCUT2D eigenvalue weighted by atomic mass is 10.2. The van der Waals surface area contributed by atoms with E-state index in [4.69, 9.17) is 11.6 Å². The molecule has 27 heavy (non-hydrogen) atoms. The summed E-state index contributed by atoms with van der Waals surface area (Å²) in [6, 6.07) is 10.4. The number of benzene rings is 2. The van der Waals surface area contributed by atoms with Gasteiger partial charge in [0.2, 0.25) is 5.91 Å². The van der Waals surface area contributed by atoms with Gasteiger partial charge in [-0.2, -0.15) is 0 Å². The van der Waals surface area contributed by atoms with Gasteiger partial charge in [-0.1, -0.05) is 23.7 Å². The van der Waals surface area contributed by atoms with E-state index < -0.39 is 16.6 Å². The molecule has 0 aliphatic rings. The number of nitro benzene ring substituents is 1. The Labute approximate surface area is 162 Å². The van der Waals surface area contributed by atoms with Gasteiger partial charge in [-0.15, -0.1) is 11.3 Å². The third-order valence-electron chi connectivity index (χ3n) is 3.62. The lowest BCUT2D eigenvalue weighted by molar-refractivity contribution is -0.384. The van der Waals surface area contributed by atoms with Crippen LogP contribution in [0.15, 0.2) is 47.8 Å². The van der Waals surface area contributed by atoms with Crippen LogP contribution < -0.4 is 5.32 Å². The van der Waals surface area contributed by atoms with Gasteiger partial charge < -0.3 is 5.32 Å². The van der Waals surface area contributed by atoms with E-state index in [2.05, 4.69) is 10.3 Å². The molecule has 0 bridgehead atoms. The van der Waals surface area contributed by atoms with E-state index in [-0.39, 0.29) is 17.8 Å². The van der Waals surface area contributed by atoms with Gasteiger partial charge in [0, 0.05) is 29.0 Å². The first-order valence-corrected chi connectivity index (χ1v) is 9.08. The number of nitrogens with zero attached hydrogens (tertiary/aromatic N) is 2. The smallest absolute Gasteiger partial charge is 0.271 e. The molecule has 0 saturated heterocycles. The number of carbonyl (C=O) groups excluding carboxylic acids is 1. The van der Waals surface area contributed by atoms with Gasteiger partial charge >= 0.3 is 0 Å². The number of nitrogens with one attached hydrogen (secondary N) is 1. The lowest BCUT2D eigenvalue weighted by Crippen LogP contribution is -2.15. The number of anilines is 1. The van der Waals surface area contributed by atoms with E-state index in [0.717, 1.165) is 28.8 Å². The highest BCUT2D eigenvalue weighted by Gasteiger charge is 2.14. The second kappa shape index (κ2) is 8.24. The van der Waals surface area contributed by atoms with Gasteiger partial charge in [-0.05, 0) is 23.8 Å². The molecule has 0 aliphatic carbocycles. The third kappa shape index (κ3) is 5.08. The summed E-state index contributed by atoms with van der Waals surface area (Å²) < 4.78 is 13.7. The quantitative estimate of drug-likeness (QED) is 0.479. The van der Waals surface area contributed by atoms with Crippen molar-refractivity contribution in [2.75, 3.05) is 5.32 Å². The zero-order valence-electron chi connectivity index (χ0n) is 13.8. The van der Waals surface area contributed by atoms with Gasteiger partial charge in [0.25, 0.3) is 5.69 Å². The van der Waals surface area contributed by atoms with Crippen molar-refractivity contribution in [3.8, 4) is 0 Å². The largest absolute Gasteiger partial charge is 0.323 e. The normalized spacial score (nSPS) is 10.6. The van der Waals surface area contributed by atoms with Crippen LogP contribution in [0.2, 0.25) is 5.02 Å². The molecule has 3 rings (SSSR count). The van der Waals surface area contributed by atoms with Crippen molar-refractivity contribution < 1.29 is 14.1 Å². The number of amides is 1. The topological polar surface area (TPSA) is 85.1 Å². The standard InChI is InChI=1S/C18H13ClFN3O3S/c19-12-3-1-2-11(6-12)7-18-21-13(10-27-18)8-17(24)22-16-9-14(23(25)26)4-5-15(16)20/h1-6,9-10H,7-8H2,(H,22,24). The summed E-state index contributed by atoms with van der Waals surface area (Å²) in [5.41, 5.74) is 1.01. The second-order valence-corrected chi connectivity index (χ2v) is 7.06. The Kier molecular flexibility index (Phi) is 5.78. The molecule has 0 spiro atoms. The van der Waals surface area contributed by atoms with E-state index in [9.17, 15) is 19.3 Å². The fourth-order valence-corrected chi connectivity index (χ4v) is 3.46. The van der Waals surface area contributed by atoms with E-state index in [0.29, 0.717) is 17.1 Å². The summed E-state index contributed by atoms with van der Waals surface area (Å²) in [6.07, 6.45) is 0.528. The lowest BCUT2D eigenvalue weighted by Gasteiger charge is -2.05. The van der Waals surface area contributed by atoms with Crippen molar-refractivity contribution >= 4 is 40.2 Å². The highest BCUT2D eigenvalue weighted by atomic mass is 35.5. The fourth-order valence-electron chi connectivity index (χ4n) is 2.41. The molecule has 6 nitrogen and oxygen atoms in total. The maximum atomic E-state index is 13.7. The Morgan fingerprint density at radius 2 is 2.11 bits per heavy atom. The molecule has 0 aliphatic heterocycles. The molecule has 0 unspecified atom stereocenters. The Morgan fingerprint density at radius 1 is 1.30 bits per heavy atom. The second-order valence-electron chi connectivity index (χ2n) is 5.69. The number of rotatable bonds is 6. The molecule has 1 heterocycles. The number of hydrogen-bond acceptors (Lipinski definition) is 5. The van der Waals surface area contributed by atoms with E-state index >= 15 is 0 Å². The fraction of sp³-hybridized carbons (Fsp3) is 0.111. The molecule has 0 saturated carbocycles. The Bertz CT molecular complexity index is 1010. The predicted octanol–water partition coefficient (Wildman–Crippen LogP) is 4.62. The van der Waals surface area contributed by atoms with E-state index in [1.54, 1.807) is 11.4 Å². The van der Waals surface area contributed by atoms with Gasteiger partial charge in [0.1, 0.15) is 5.82 Å². The molecule has 3 aromatic rings. The van der Waals surface area contributed by atoms with Crippen LogP contribution in [0.5, 0.6) is 0 Å². The number of hydrogen-bond donors (Lipinski definition) is 1. The summed E-state index contributed by atoms with van der Waals surface area (Å²) in [7, 11) is 0. The molecule has 9 heteroatoms. The van der Waals surface area contributed by atoms with Gasteiger partial charge in [0.05, 0.1) is 27.7 Å². The molecule has 0 fully saturated rings. The number of halogens is 2. The minimum absolute atomic E-state index is 0.0613. The summed E-state index contributed by atoms with van der Waals surface area (Å²) in [4.78, 5) is 26.6.